The molecule has 2 N–H and O–H groups in total. The summed E-state index contributed by atoms with van der Waals surface area (Å²) in [7, 11) is 1.52. The molecule has 1 heterocycles. The minimum Gasteiger partial charge on any atom is -0.493 e. The lowest BCUT2D eigenvalue weighted by molar-refractivity contribution is 0.329. The van der Waals surface area contributed by atoms with Crippen molar-refractivity contribution in [1.29, 1.82) is 5.26 Å². The first-order valence-corrected chi connectivity index (χ1v) is 5.54. The van der Waals surface area contributed by atoms with E-state index in [-0.39, 0.29) is 12.6 Å². The molecule has 2 rings (SSSR count). The molecule has 102 valence electrons. The van der Waals surface area contributed by atoms with Crippen LogP contribution in [0.5, 0.6) is 11.5 Å². The number of nitriles is 1. The number of H-pyrrole nitrogens is 1. The Morgan fingerprint density at radius 1 is 1.50 bits per heavy atom. The van der Waals surface area contributed by atoms with Gasteiger partial charge in [-0.3, -0.25) is 0 Å². The number of aromatic amines is 1. The highest BCUT2D eigenvalue weighted by Gasteiger charge is 2.04. The molecule has 0 aliphatic rings. The van der Waals surface area contributed by atoms with Gasteiger partial charge in [-0.05, 0) is 29.0 Å². The molecule has 0 bridgehead atoms. The Kier molecular flexibility index (Phi) is 4.45. The van der Waals surface area contributed by atoms with E-state index in [2.05, 4.69) is 31.2 Å². The lowest BCUT2D eigenvalue weighted by atomic mass is 10.2. The summed E-state index contributed by atoms with van der Waals surface area (Å²) in [6.45, 7) is -0.0385. The van der Waals surface area contributed by atoms with Crippen LogP contribution in [0.15, 0.2) is 23.3 Å². The fourth-order valence-electron chi connectivity index (χ4n) is 1.37. The monoisotopic (exact) mass is 273 g/mol. The quantitative estimate of drug-likeness (QED) is 0.582. The number of hydrazone groups is 1. The Labute approximate surface area is 114 Å². The van der Waals surface area contributed by atoms with Gasteiger partial charge in [0.05, 0.1) is 13.3 Å². The lowest BCUT2D eigenvalue weighted by Gasteiger charge is -2.08. The van der Waals surface area contributed by atoms with E-state index in [1.165, 1.54) is 7.11 Å². The van der Waals surface area contributed by atoms with E-state index in [0.717, 1.165) is 5.56 Å². The summed E-state index contributed by atoms with van der Waals surface area (Å²) in [5.41, 5.74) is 3.38. The average molecular weight is 273 g/mol. The first kappa shape index (κ1) is 13.3. The SMILES string of the molecule is COc1cc(C=NNc2nn[nH]n2)ccc1OCC#N. The van der Waals surface area contributed by atoms with E-state index in [1.807, 2.05) is 6.07 Å². The van der Waals surface area contributed by atoms with Crippen LogP contribution in [0.1, 0.15) is 5.56 Å². The Bertz CT molecular complexity index is 618. The molecule has 0 unspecified atom stereocenters. The third-order valence-corrected chi connectivity index (χ3v) is 2.20. The molecule has 0 saturated carbocycles. The summed E-state index contributed by atoms with van der Waals surface area (Å²) in [5.74, 6) is 1.28. The van der Waals surface area contributed by atoms with Crippen molar-refractivity contribution in [1.82, 2.24) is 20.6 Å². The zero-order valence-corrected chi connectivity index (χ0v) is 10.6. The number of ether oxygens (including phenoxy) is 2. The topological polar surface area (TPSA) is 121 Å². The number of tetrazole rings is 1. The lowest BCUT2D eigenvalue weighted by Crippen LogP contribution is -1.98. The van der Waals surface area contributed by atoms with Gasteiger partial charge >= 0.3 is 0 Å². The van der Waals surface area contributed by atoms with E-state index in [4.69, 9.17) is 14.7 Å². The molecule has 0 amide bonds. The van der Waals surface area contributed by atoms with Crippen LogP contribution < -0.4 is 14.9 Å². The molecular weight excluding hydrogens is 262 g/mol. The van der Waals surface area contributed by atoms with Crippen molar-refractivity contribution in [2.45, 2.75) is 0 Å². The van der Waals surface area contributed by atoms with E-state index >= 15 is 0 Å². The minimum absolute atomic E-state index is 0.0385. The summed E-state index contributed by atoms with van der Waals surface area (Å²) >= 11 is 0. The molecule has 20 heavy (non-hydrogen) atoms. The fourth-order valence-corrected chi connectivity index (χ4v) is 1.37. The minimum atomic E-state index is -0.0385. The summed E-state index contributed by atoms with van der Waals surface area (Å²) in [6, 6.07) is 7.10. The Balaban J connectivity index is 2.05. The van der Waals surface area contributed by atoms with Gasteiger partial charge in [0.1, 0.15) is 6.07 Å². The van der Waals surface area contributed by atoms with Crippen LogP contribution in [0.2, 0.25) is 0 Å². The van der Waals surface area contributed by atoms with E-state index in [9.17, 15) is 0 Å². The Morgan fingerprint density at radius 2 is 2.40 bits per heavy atom. The van der Waals surface area contributed by atoms with Crippen molar-refractivity contribution in [3.8, 4) is 17.6 Å². The Morgan fingerprint density at radius 3 is 3.10 bits per heavy atom. The number of nitrogens with one attached hydrogen (secondary N) is 2. The van der Waals surface area contributed by atoms with Crippen LogP contribution in [-0.4, -0.2) is 40.6 Å². The summed E-state index contributed by atoms with van der Waals surface area (Å²) in [5, 5.41) is 25.5. The van der Waals surface area contributed by atoms with Crippen molar-refractivity contribution in [3.63, 3.8) is 0 Å². The smallest absolute Gasteiger partial charge is 0.283 e. The predicted octanol–water partition coefficient (Wildman–Crippen LogP) is 0.557. The van der Waals surface area contributed by atoms with E-state index in [1.54, 1.807) is 24.4 Å². The number of nitrogens with zero attached hydrogens (tertiary/aromatic N) is 5. The third kappa shape index (κ3) is 3.42. The molecule has 2 aromatic rings. The Hall–Kier alpha value is -3.15. The van der Waals surface area contributed by atoms with Gasteiger partial charge in [-0.25, -0.2) is 5.43 Å². The maximum Gasteiger partial charge on any atom is 0.283 e. The number of rotatable bonds is 6. The largest absolute Gasteiger partial charge is 0.493 e. The second-order valence-electron chi connectivity index (χ2n) is 3.46. The molecule has 0 fully saturated rings. The van der Waals surface area contributed by atoms with Gasteiger partial charge in [-0.1, -0.05) is 5.10 Å². The number of hydrogen-bond donors (Lipinski definition) is 2. The maximum absolute atomic E-state index is 8.49. The van der Waals surface area contributed by atoms with E-state index in [0.29, 0.717) is 11.5 Å². The normalized spacial score (nSPS) is 10.2. The number of benzene rings is 1. The van der Waals surface area contributed by atoms with Gasteiger partial charge in [0.2, 0.25) is 0 Å². The second kappa shape index (κ2) is 6.69. The maximum atomic E-state index is 8.49. The van der Waals surface area contributed by atoms with Gasteiger partial charge in [0.25, 0.3) is 5.95 Å². The van der Waals surface area contributed by atoms with Crippen molar-refractivity contribution >= 4 is 12.2 Å². The standard InChI is InChI=1S/C11H11N7O2/c1-19-10-6-8(2-3-9(10)20-5-4-12)7-13-14-11-15-17-18-16-11/h2-3,6-7H,5H2,1H3,(H2,14,15,16,17,18). The van der Waals surface area contributed by atoms with Crippen LogP contribution in [0.25, 0.3) is 0 Å². The van der Waals surface area contributed by atoms with Crippen LogP contribution >= 0.6 is 0 Å². The zero-order valence-electron chi connectivity index (χ0n) is 10.6. The number of hydrogen-bond acceptors (Lipinski definition) is 8. The van der Waals surface area contributed by atoms with Crippen molar-refractivity contribution < 1.29 is 9.47 Å². The molecule has 9 heteroatoms. The first-order valence-electron chi connectivity index (χ1n) is 5.54. The number of anilines is 1. The molecule has 0 aliphatic carbocycles. The van der Waals surface area contributed by atoms with Crippen molar-refractivity contribution in [2.75, 3.05) is 19.1 Å². The molecule has 0 atom stereocenters. The highest BCUT2D eigenvalue weighted by atomic mass is 16.5. The summed E-state index contributed by atoms with van der Waals surface area (Å²) in [4.78, 5) is 0. The average Bonchev–Trinajstić information content (AvgIpc) is 2.99. The number of methoxy groups -OCH3 is 1. The van der Waals surface area contributed by atoms with Crippen LogP contribution in [0, 0.1) is 11.3 Å². The van der Waals surface area contributed by atoms with Gasteiger partial charge in [0, 0.05) is 0 Å². The first-order chi connectivity index (χ1) is 9.83. The highest BCUT2D eigenvalue weighted by molar-refractivity contribution is 5.81. The molecule has 0 aliphatic heterocycles. The van der Waals surface area contributed by atoms with Crippen LogP contribution in [-0.2, 0) is 0 Å². The number of aromatic nitrogens is 4. The van der Waals surface area contributed by atoms with Crippen LogP contribution in [0.3, 0.4) is 0 Å². The molecule has 0 saturated heterocycles. The fraction of sp³-hybridized carbons (Fsp3) is 0.182. The van der Waals surface area contributed by atoms with Crippen LogP contribution in [0.4, 0.5) is 5.95 Å². The highest BCUT2D eigenvalue weighted by Crippen LogP contribution is 2.27. The van der Waals surface area contributed by atoms with Gasteiger partial charge in [-0.2, -0.15) is 15.6 Å². The molecule has 1 aromatic carbocycles. The van der Waals surface area contributed by atoms with Gasteiger partial charge < -0.3 is 9.47 Å². The second-order valence-corrected chi connectivity index (χ2v) is 3.46. The third-order valence-electron chi connectivity index (χ3n) is 2.20. The summed E-state index contributed by atoms with van der Waals surface area (Å²) < 4.78 is 10.4. The molecule has 1 aromatic heterocycles. The summed E-state index contributed by atoms with van der Waals surface area (Å²) in [6.07, 6.45) is 1.56. The van der Waals surface area contributed by atoms with E-state index < -0.39 is 0 Å². The van der Waals surface area contributed by atoms with Crippen molar-refractivity contribution in [2.24, 2.45) is 5.10 Å². The predicted molar refractivity (Wildman–Crippen MR) is 69.5 cm³/mol. The zero-order chi connectivity index (χ0) is 14.2. The van der Waals surface area contributed by atoms with Gasteiger partial charge in [0.15, 0.2) is 18.1 Å². The molecular formula is C11H11N7O2. The van der Waals surface area contributed by atoms with Gasteiger partial charge in [-0.15, -0.1) is 5.10 Å². The molecule has 0 radical (unpaired) electrons. The molecule has 9 nitrogen and oxygen atoms in total. The molecule has 0 spiro atoms. The van der Waals surface area contributed by atoms with Crippen molar-refractivity contribution in [3.05, 3.63) is 23.8 Å².